The van der Waals surface area contributed by atoms with Crippen molar-refractivity contribution in [1.29, 1.82) is 0 Å². The second-order valence-corrected chi connectivity index (χ2v) is 5.84. The molecule has 0 bridgehead atoms. The average Bonchev–Trinajstić information content (AvgIpc) is 3.17. The van der Waals surface area contributed by atoms with E-state index >= 15 is 0 Å². The molecule has 0 amide bonds. The summed E-state index contributed by atoms with van der Waals surface area (Å²) in [6.07, 6.45) is 5.58. The zero-order valence-electron chi connectivity index (χ0n) is 12.4. The molecule has 0 spiro atoms. The Labute approximate surface area is 136 Å². The molecule has 7 heteroatoms. The molecule has 3 aromatic heterocycles. The van der Waals surface area contributed by atoms with Crippen molar-refractivity contribution in [1.82, 2.24) is 19.4 Å². The van der Waals surface area contributed by atoms with Gasteiger partial charge in [-0.3, -0.25) is 4.40 Å². The number of anilines is 3. The first-order valence-electron chi connectivity index (χ1n) is 7.11. The third kappa shape index (κ3) is 2.74. The van der Waals surface area contributed by atoms with Crippen LogP contribution in [0.25, 0.3) is 16.2 Å². The van der Waals surface area contributed by atoms with Crippen molar-refractivity contribution >= 4 is 33.6 Å². The largest absolute Gasteiger partial charge is 0.373 e. The Morgan fingerprint density at radius 2 is 2.04 bits per heavy atom. The van der Waals surface area contributed by atoms with Gasteiger partial charge in [0.1, 0.15) is 18.0 Å². The summed E-state index contributed by atoms with van der Waals surface area (Å²) in [6, 6.07) is 9.98. The van der Waals surface area contributed by atoms with Crippen LogP contribution >= 0.6 is 11.3 Å². The molecule has 0 aliphatic rings. The smallest absolute Gasteiger partial charge is 0.194 e. The van der Waals surface area contributed by atoms with Crippen LogP contribution in [0.5, 0.6) is 0 Å². The summed E-state index contributed by atoms with van der Waals surface area (Å²) in [6.45, 7) is 0. The number of nitrogens with zero attached hydrogens (tertiary/aromatic N) is 4. The van der Waals surface area contributed by atoms with Gasteiger partial charge in [-0.25, -0.2) is 15.0 Å². The molecule has 2 N–H and O–H groups in total. The monoisotopic (exact) mass is 322 g/mol. The fourth-order valence-corrected chi connectivity index (χ4v) is 3.03. The first kappa shape index (κ1) is 13.7. The highest BCUT2D eigenvalue weighted by Gasteiger charge is 2.06. The van der Waals surface area contributed by atoms with Crippen molar-refractivity contribution in [3.63, 3.8) is 0 Å². The van der Waals surface area contributed by atoms with E-state index in [0.717, 1.165) is 33.5 Å². The first-order chi connectivity index (χ1) is 11.3. The lowest BCUT2D eigenvalue weighted by Crippen LogP contribution is -1.98. The van der Waals surface area contributed by atoms with Crippen LogP contribution in [0.3, 0.4) is 0 Å². The van der Waals surface area contributed by atoms with Gasteiger partial charge in [0.05, 0.1) is 5.69 Å². The van der Waals surface area contributed by atoms with Gasteiger partial charge in [-0.1, -0.05) is 12.1 Å². The Bertz CT molecular complexity index is 929. The lowest BCUT2D eigenvalue weighted by molar-refractivity contribution is 1.16. The lowest BCUT2D eigenvalue weighted by atomic mass is 10.1. The van der Waals surface area contributed by atoms with Crippen LogP contribution in [0.15, 0.2) is 54.4 Å². The van der Waals surface area contributed by atoms with Gasteiger partial charge in [0, 0.05) is 42.1 Å². The van der Waals surface area contributed by atoms with Crippen LogP contribution in [0, 0.1) is 0 Å². The van der Waals surface area contributed by atoms with Gasteiger partial charge < -0.3 is 10.6 Å². The SMILES string of the molecule is CNc1cc(Nc2cccc(-c3cn4ccsc4n3)c2)ncn1. The molecular formula is C16H14N6S. The van der Waals surface area contributed by atoms with Crippen LogP contribution in [0.2, 0.25) is 0 Å². The Morgan fingerprint density at radius 3 is 2.91 bits per heavy atom. The highest BCUT2D eigenvalue weighted by Crippen LogP contribution is 2.25. The van der Waals surface area contributed by atoms with Gasteiger partial charge in [0.15, 0.2) is 4.96 Å². The molecule has 4 aromatic rings. The zero-order chi connectivity index (χ0) is 15.6. The van der Waals surface area contributed by atoms with Crippen molar-refractivity contribution in [2.45, 2.75) is 0 Å². The van der Waals surface area contributed by atoms with Gasteiger partial charge in [-0.2, -0.15) is 0 Å². The predicted molar refractivity (Wildman–Crippen MR) is 93.4 cm³/mol. The minimum Gasteiger partial charge on any atom is -0.373 e. The number of imidazole rings is 1. The van der Waals surface area contributed by atoms with Crippen molar-refractivity contribution < 1.29 is 0 Å². The molecule has 0 saturated carbocycles. The highest BCUT2D eigenvalue weighted by atomic mass is 32.1. The molecule has 0 saturated heterocycles. The number of hydrogen-bond donors (Lipinski definition) is 2. The maximum absolute atomic E-state index is 4.64. The fraction of sp³-hybridized carbons (Fsp3) is 0.0625. The second-order valence-electron chi connectivity index (χ2n) is 4.96. The molecule has 1 aromatic carbocycles. The Kier molecular flexibility index (Phi) is 3.39. The van der Waals surface area contributed by atoms with Gasteiger partial charge in [-0.15, -0.1) is 11.3 Å². The number of thiazole rings is 1. The third-order valence-electron chi connectivity index (χ3n) is 3.45. The summed E-state index contributed by atoms with van der Waals surface area (Å²) < 4.78 is 2.03. The number of aromatic nitrogens is 4. The van der Waals surface area contributed by atoms with Gasteiger partial charge in [-0.05, 0) is 12.1 Å². The van der Waals surface area contributed by atoms with E-state index in [4.69, 9.17) is 0 Å². The number of nitrogens with one attached hydrogen (secondary N) is 2. The molecule has 0 unspecified atom stereocenters. The quantitative estimate of drug-likeness (QED) is 0.600. The fourth-order valence-electron chi connectivity index (χ4n) is 2.33. The van der Waals surface area contributed by atoms with Crippen molar-refractivity contribution in [2.75, 3.05) is 17.7 Å². The second kappa shape index (κ2) is 5.69. The average molecular weight is 322 g/mol. The van der Waals surface area contributed by atoms with Gasteiger partial charge in [0.2, 0.25) is 0 Å². The number of rotatable bonds is 4. The van der Waals surface area contributed by atoms with E-state index in [1.54, 1.807) is 11.3 Å². The van der Waals surface area contributed by atoms with E-state index in [1.807, 2.05) is 47.4 Å². The van der Waals surface area contributed by atoms with Gasteiger partial charge in [0.25, 0.3) is 0 Å². The lowest BCUT2D eigenvalue weighted by Gasteiger charge is -2.07. The third-order valence-corrected chi connectivity index (χ3v) is 4.22. The van der Waals surface area contributed by atoms with E-state index < -0.39 is 0 Å². The molecule has 0 fully saturated rings. The predicted octanol–water partition coefficient (Wildman–Crippen LogP) is 3.64. The number of fused-ring (bicyclic) bond motifs is 1. The molecule has 4 rings (SSSR count). The van der Waals surface area contributed by atoms with E-state index in [9.17, 15) is 0 Å². The Morgan fingerprint density at radius 1 is 1.13 bits per heavy atom. The first-order valence-corrected chi connectivity index (χ1v) is 7.99. The summed E-state index contributed by atoms with van der Waals surface area (Å²) in [7, 11) is 1.83. The van der Waals surface area contributed by atoms with Crippen LogP contribution < -0.4 is 10.6 Å². The topological polar surface area (TPSA) is 67.1 Å². The molecule has 0 radical (unpaired) electrons. The summed E-state index contributed by atoms with van der Waals surface area (Å²) in [4.78, 5) is 14.0. The van der Waals surface area contributed by atoms with E-state index in [2.05, 4.69) is 37.7 Å². The van der Waals surface area contributed by atoms with Crippen LogP contribution in [-0.4, -0.2) is 26.4 Å². The van der Waals surface area contributed by atoms with Crippen LogP contribution in [0.4, 0.5) is 17.3 Å². The summed E-state index contributed by atoms with van der Waals surface area (Å²) in [5.74, 6) is 1.51. The van der Waals surface area contributed by atoms with Crippen molar-refractivity contribution in [3.8, 4) is 11.3 Å². The van der Waals surface area contributed by atoms with Crippen molar-refractivity contribution in [3.05, 3.63) is 54.4 Å². The minimum absolute atomic E-state index is 0.743. The van der Waals surface area contributed by atoms with E-state index in [-0.39, 0.29) is 0 Å². The summed E-state index contributed by atoms with van der Waals surface area (Å²) in [5.41, 5.74) is 2.98. The number of benzene rings is 1. The van der Waals surface area contributed by atoms with E-state index in [1.165, 1.54) is 6.33 Å². The maximum atomic E-state index is 4.64. The maximum Gasteiger partial charge on any atom is 0.194 e. The Balaban J connectivity index is 1.64. The van der Waals surface area contributed by atoms with Crippen LogP contribution in [0.1, 0.15) is 0 Å². The zero-order valence-corrected chi connectivity index (χ0v) is 13.2. The molecule has 114 valence electrons. The normalized spacial score (nSPS) is 10.8. The summed E-state index contributed by atoms with van der Waals surface area (Å²) >= 11 is 1.63. The molecule has 0 atom stereocenters. The molecule has 0 aliphatic heterocycles. The minimum atomic E-state index is 0.743. The molecule has 0 aliphatic carbocycles. The van der Waals surface area contributed by atoms with Gasteiger partial charge >= 0.3 is 0 Å². The van der Waals surface area contributed by atoms with Crippen LogP contribution in [-0.2, 0) is 0 Å². The number of hydrogen-bond acceptors (Lipinski definition) is 6. The molecular weight excluding hydrogens is 308 g/mol. The Hall–Kier alpha value is -2.93. The molecule has 23 heavy (non-hydrogen) atoms. The highest BCUT2D eigenvalue weighted by molar-refractivity contribution is 7.15. The van der Waals surface area contributed by atoms with Crippen molar-refractivity contribution in [2.24, 2.45) is 0 Å². The molecule has 3 heterocycles. The van der Waals surface area contributed by atoms with E-state index in [0.29, 0.717) is 0 Å². The molecule has 6 nitrogen and oxygen atoms in total. The summed E-state index contributed by atoms with van der Waals surface area (Å²) in [5, 5.41) is 8.32. The standard InChI is InChI=1S/C16H14N6S/c1-17-14-8-15(19-10-18-14)20-12-4-2-3-11(7-12)13-9-22-5-6-23-16(22)21-13/h2-10H,1H3,(H2,17,18,19,20).